The molecule has 3 N–H and O–H groups in total. The van der Waals surface area contributed by atoms with E-state index in [1.54, 1.807) is 74.2 Å². The van der Waals surface area contributed by atoms with E-state index in [1.807, 2.05) is 29.2 Å². The number of phenolic OH excluding ortho intramolecular Hbond substituents is 1. The number of aromatic amines is 1. The minimum absolute atomic E-state index is 0.0460. The number of hydrogen-bond acceptors (Lipinski definition) is 8. The van der Waals surface area contributed by atoms with Crippen molar-refractivity contribution < 1.29 is 19.0 Å². The second kappa shape index (κ2) is 12.2. The van der Waals surface area contributed by atoms with Gasteiger partial charge in [-0.15, -0.1) is 0 Å². The van der Waals surface area contributed by atoms with Gasteiger partial charge in [0, 0.05) is 67.3 Å². The third-order valence-corrected chi connectivity index (χ3v) is 8.13. The van der Waals surface area contributed by atoms with Gasteiger partial charge in [0.25, 0.3) is 5.91 Å². The molecule has 46 heavy (non-hydrogen) atoms. The number of aromatic hydroxyl groups is 1. The topological polar surface area (TPSA) is 120 Å². The number of nitrogens with zero attached hydrogens (tertiary/aromatic N) is 5. The van der Waals surface area contributed by atoms with Gasteiger partial charge in [-0.25, -0.2) is 14.4 Å². The maximum atomic E-state index is 15.2. The summed E-state index contributed by atoms with van der Waals surface area (Å²) in [5, 5.41) is 13.5. The van der Waals surface area contributed by atoms with E-state index in [0.29, 0.717) is 58.3 Å². The number of phenols is 1. The molecule has 7 rings (SSSR count). The maximum absolute atomic E-state index is 15.2. The third kappa shape index (κ3) is 5.65. The third-order valence-electron chi connectivity index (χ3n) is 8.13. The van der Waals surface area contributed by atoms with Crippen LogP contribution in [0, 0.1) is 5.82 Å². The van der Waals surface area contributed by atoms with E-state index in [9.17, 15) is 9.90 Å². The number of nitrogens with one attached hydrogen (secondary N) is 2. The van der Waals surface area contributed by atoms with Crippen molar-refractivity contribution in [2.75, 3.05) is 48.4 Å². The van der Waals surface area contributed by atoms with Crippen molar-refractivity contribution in [2.45, 2.75) is 0 Å². The van der Waals surface area contributed by atoms with Crippen molar-refractivity contribution >= 4 is 34.0 Å². The molecular formula is C35H30FN7O3. The smallest absolute Gasteiger partial charge is 0.255 e. The minimum Gasteiger partial charge on any atom is -0.507 e. The highest BCUT2D eigenvalue weighted by atomic mass is 19.1. The zero-order chi connectivity index (χ0) is 31.6. The average molecular weight is 616 g/mol. The first-order valence-electron chi connectivity index (χ1n) is 14.8. The summed E-state index contributed by atoms with van der Waals surface area (Å²) in [6.07, 6.45) is 5.19. The van der Waals surface area contributed by atoms with Crippen LogP contribution in [0.25, 0.3) is 33.5 Å². The van der Waals surface area contributed by atoms with Crippen LogP contribution in [0.2, 0.25) is 0 Å². The van der Waals surface area contributed by atoms with Gasteiger partial charge in [-0.3, -0.25) is 9.78 Å². The Bertz CT molecular complexity index is 2040. The molecule has 10 nitrogen and oxygen atoms in total. The van der Waals surface area contributed by atoms with E-state index >= 15 is 4.39 Å². The molecule has 1 aliphatic rings. The minimum atomic E-state index is -0.394. The second-order valence-corrected chi connectivity index (χ2v) is 10.9. The fourth-order valence-corrected chi connectivity index (χ4v) is 5.75. The van der Waals surface area contributed by atoms with Crippen molar-refractivity contribution in [2.24, 2.45) is 0 Å². The number of H-pyrrole nitrogens is 1. The van der Waals surface area contributed by atoms with Gasteiger partial charge >= 0.3 is 0 Å². The number of rotatable bonds is 7. The number of piperazine rings is 1. The molecule has 1 amide bonds. The predicted octanol–water partition coefficient (Wildman–Crippen LogP) is 6.12. The van der Waals surface area contributed by atoms with Crippen LogP contribution in [0.4, 0.5) is 21.5 Å². The highest BCUT2D eigenvalue weighted by molar-refractivity contribution is 6.06. The summed E-state index contributed by atoms with van der Waals surface area (Å²) >= 11 is 0. The van der Waals surface area contributed by atoms with Gasteiger partial charge in [0.1, 0.15) is 17.4 Å². The molecule has 3 aromatic heterocycles. The molecule has 1 fully saturated rings. The Labute approximate surface area is 264 Å². The molecule has 0 atom stereocenters. The summed E-state index contributed by atoms with van der Waals surface area (Å²) in [5.74, 6) is 0.173. The Morgan fingerprint density at radius 1 is 0.913 bits per heavy atom. The molecule has 230 valence electrons. The number of anilines is 3. The lowest BCUT2D eigenvalue weighted by Crippen LogP contribution is -2.46. The van der Waals surface area contributed by atoms with Gasteiger partial charge in [-0.2, -0.15) is 0 Å². The molecule has 6 aromatic rings. The number of hydrogen-bond donors (Lipinski definition) is 3. The largest absolute Gasteiger partial charge is 0.507 e. The summed E-state index contributed by atoms with van der Waals surface area (Å²) in [7, 11) is 1.55. The molecule has 0 spiro atoms. The molecule has 0 bridgehead atoms. The van der Waals surface area contributed by atoms with Gasteiger partial charge in [0.05, 0.1) is 29.4 Å². The van der Waals surface area contributed by atoms with Crippen LogP contribution in [0.1, 0.15) is 10.4 Å². The average Bonchev–Trinajstić information content (AvgIpc) is 3.52. The fraction of sp³-hybridized carbons (Fsp3) is 0.143. The summed E-state index contributed by atoms with van der Waals surface area (Å²) in [5.41, 5.74) is 5.63. The van der Waals surface area contributed by atoms with Crippen LogP contribution in [0.3, 0.4) is 0 Å². The molecule has 0 radical (unpaired) electrons. The number of imidazole rings is 1. The molecule has 4 heterocycles. The van der Waals surface area contributed by atoms with Crippen LogP contribution >= 0.6 is 0 Å². The van der Waals surface area contributed by atoms with Crippen molar-refractivity contribution in [1.29, 1.82) is 0 Å². The van der Waals surface area contributed by atoms with E-state index in [2.05, 4.69) is 30.2 Å². The Morgan fingerprint density at radius 2 is 1.72 bits per heavy atom. The van der Waals surface area contributed by atoms with Crippen LogP contribution in [-0.2, 0) is 0 Å². The van der Waals surface area contributed by atoms with Gasteiger partial charge in [0.15, 0.2) is 0 Å². The number of fused-ring (bicyclic) bond motifs is 1. The standard InChI is InChI=1S/C35H30FN7O3/c1-46-35-26(3-2-12-38-35)22-5-9-32(44)27(19-22)33-40-29-7-4-23(20-30(29)41-33)34(45)39-24-6-8-31(28(36)21-24)43-17-15-42(16-18-43)25-10-13-37-14-11-25/h2-14,19-21,44H,15-18H2,1H3,(H,39,45)(H,40,41). The number of halogens is 1. The van der Waals surface area contributed by atoms with Crippen molar-refractivity contribution in [3.63, 3.8) is 0 Å². The Balaban J connectivity index is 1.06. The van der Waals surface area contributed by atoms with E-state index in [4.69, 9.17) is 4.74 Å². The molecule has 0 unspecified atom stereocenters. The Hall–Kier alpha value is -5.97. The van der Waals surface area contributed by atoms with Crippen molar-refractivity contribution in [3.05, 3.63) is 109 Å². The van der Waals surface area contributed by atoms with Crippen molar-refractivity contribution in [3.8, 4) is 34.1 Å². The van der Waals surface area contributed by atoms with Crippen LogP contribution in [0.15, 0.2) is 97.5 Å². The first-order chi connectivity index (χ1) is 22.5. The second-order valence-electron chi connectivity index (χ2n) is 10.9. The van der Waals surface area contributed by atoms with Gasteiger partial charge < -0.3 is 29.9 Å². The zero-order valence-electron chi connectivity index (χ0n) is 24.9. The van der Waals surface area contributed by atoms with E-state index in [-0.39, 0.29) is 11.7 Å². The molecule has 1 aliphatic heterocycles. The van der Waals surface area contributed by atoms with Gasteiger partial charge in [-0.1, -0.05) is 6.07 Å². The summed E-state index contributed by atoms with van der Waals surface area (Å²) in [6, 6.07) is 22.7. The number of carbonyl (C=O) groups excluding carboxylic acids is 1. The summed E-state index contributed by atoms with van der Waals surface area (Å²) < 4.78 is 20.6. The molecule has 0 saturated carbocycles. The Morgan fingerprint density at radius 3 is 2.50 bits per heavy atom. The SMILES string of the molecule is COc1ncccc1-c1ccc(O)c(-c2nc3ccc(C(=O)Nc4ccc(N5CCN(c6ccncc6)CC5)c(F)c4)cc3[nH]2)c1. The number of amides is 1. The molecule has 3 aromatic carbocycles. The number of aromatic nitrogens is 4. The molecule has 1 saturated heterocycles. The van der Waals surface area contributed by atoms with E-state index in [0.717, 1.165) is 29.9 Å². The number of benzene rings is 3. The normalized spacial score (nSPS) is 13.2. The zero-order valence-corrected chi connectivity index (χ0v) is 24.9. The molecule has 11 heteroatoms. The quantitative estimate of drug-likeness (QED) is 0.197. The first kappa shape index (κ1) is 28.8. The van der Waals surface area contributed by atoms with Crippen LogP contribution in [0.5, 0.6) is 11.6 Å². The lowest BCUT2D eigenvalue weighted by atomic mass is 10.0. The highest BCUT2D eigenvalue weighted by Gasteiger charge is 2.21. The lowest BCUT2D eigenvalue weighted by Gasteiger charge is -2.37. The number of pyridine rings is 2. The maximum Gasteiger partial charge on any atom is 0.255 e. The molecular weight excluding hydrogens is 585 g/mol. The Kier molecular flexibility index (Phi) is 7.63. The highest BCUT2D eigenvalue weighted by Crippen LogP contribution is 2.36. The van der Waals surface area contributed by atoms with E-state index in [1.165, 1.54) is 6.07 Å². The predicted molar refractivity (Wildman–Crippen MR) is 176 cm³/mol. The van der Waals surface area contributed by atoms with Crippen LogP contribution in [-0.4, -0.2) is 64.2 Å². The number of ether oxygens (including phenoxy) is 1. The van der Waals surface area contributed by atoms with E-state index < -0.39 is 5.82 Å². The lowest BCUT2D eigenvalue weighted by molar-refractivity contribution is 0.102. The summed E-state index contributed by atoms with van der Waals surface area (Å²) in [6.45, 7) is 2.89. The summed E-state index contributed by atoms with van der Waals surface area (Å²) in [4.78, 5) is 33.6. The van der Waals surface area contributed by atoms with Gasteiger partial charge in [0.2, 0.25) is 5.88 Å². The number of methoxy groups -OCH3 is 1. The monoisotopic (exact) mass is 615 g/mol. The van der Waals surface area contributed by atoms with Crippen molar-refractivity contribution in [1.82, 2.24) is 19.9 Å². The molecule has 0 aliphatic carbocycles. The van der Waals surface area contributed by atoms with Crippen LogP contribution < -0.4 is 19.9 Å². The number of carbonyl (C=O) groups is 1. The first-order valence-corrected chi connectivity index (χ1v) is 14.8. The fourth-order valence-electron chi connectivity index (χ4n) is 5.75. The van der Waals surface area contributed by atoms with Gasteiger partial charge in [-0.05, 0) is 78.4 Å².